The van der Waals surface area contributed by atoms with Gasteiger partial charge >= 0.3 is 0 Å². The Morgan fingerprint density at radius 2 is 1.97 bits per heavy atom. The molecule has 3 saturated carbocycles. The number of carbonyl (C=O) groups excluding carboxylic acids is 1. The Morgan fingerprint density at radius 3 is 2.67 bits per heavy atom. The van der Waals surface area contributed by atoms with E-state index in [1.807, 2.05) is 6.07 Å². The Balaban J connectivity index is 1.12. The van der Waals surface area contributed by atoms with Gasteiger partial charge in [-0.25, -0.2) is 9.37 Å². The van der Waals surface area contributed by atoms with Crippen LogP contribution in [-0.2, 0) is 4.79 Å². The van der Waals surface area contributed by atoms with Crippen molar-refractivity contribution in [2.75, 3.05) is 5.32 Å². The molecule has 0 radical (unpaired) electrons. The Hall–Kier alpha value is -3.53. The molecule has 2 aromatic heterocycles. The number of ether oxygens (including phenoxy) is 1. The maximum atomic E-state index is 13.8. The topological polar surface area (TPSA) is 87.9 Å². The zero-order valence-electron chi connectivity index (χ0n) is 17.9. The third-order valence-corrected chi connectivity index (χ3v) is 7.42. The molecule has 7 heteroatoms. The van der Waals surface area contributed by atoms with Crippen LogP contribution in [0, 0.1) is 46.7 Å². The lowest BCUT2D eigenvalue weighted by Crippen LogP contribution is -2.29. The van der Waals surface area contributed by atoms with E-state index in [-0.39, 0.29) is 23.7 Å². The SMILES string of the molecule is N#Cc1ccc(NC(=O)C(C2CC2)C2C3CC(Oc4ccnc5ccc(F)cc45)CC32)nc1. The van der Waals surface area contributed by atoms with Crippen LogP contribution in [0.1, 0.15) is 31.2 Å². The fraction of sp³-hybridized carbons (Fsp3) is 0.385. The van der Waals surface area contributed by atoms with Crippen molar-refractivity contribution in [3.63, 3.8) is 0 Å². The van der Waals surface area contributed by atoms with Crippen molar-refractivity contribution in [2.24, 2.45) is 29.6 Å². The summed E-state index contributed by atoms with van der Waals surface area (Å²) in [5.74, 6) is 2.74. The van der Waals surface area contributed by atoms with Crippen molar-refractivity contribution in [2.45, 2.75) is 31.8 Å². The van der Waals surface area contributed by atoms with Crippen LogP contribution in [0.3, 0.4) is 0 Å². The van der Waals surface area contributed by atoms with Gasteiger partial charge in [-0.2, -0.15) is 5.26 Å². The van der Waals surface area contributed by atoms with Crippen LogP contribution in [-0.4, -0.2) is 22.0 Å². The van der Waals surface area contributed by atoms with Gasteiger partial charge in [-0.1, -0.05) is 0 Å². The molecule has 1 amide bonds. The third kappa shape index (κ3) is 3.80. The first kappa shape index (κ1) is 20.1. The number of nitriles is 1. The maximum absolute atomic E-state index is 13.8. The summed E-state index contributed by atoms with van der Waals surface area (Å²) in [4.78, 5) is 21.6. The van der Waals surface area contributed by atoms with E-state index in [1.54, 1.807) is 30.5 Å². The maximum Gasteiger partial charge on any atom is 0.229 e. The van der Waals surface area contributed by atoms with Crippen LogP contribution in [0.2, 0.25) is 0 Å². The normalized spacial score (nSPS) is 26.3. The molecule has 3 aliphatic carbocycles. The fourth-order valence-corrected chi connectivity index (χ4v) is 5.75. The average molecular weight is 442 g/mol. The van der Waals surface area contributed by atoms with Gasteiger partial charge in [-0.15, -0.1) is 0 Å². The largest absolute Gasteiger partial charge is 0.490 e. The van der Waals surface area contributed by atoms with E-state index in [9.17, 15) is 9.18 Å². The quantitative estimate of drug-likeness (QED) is 0.597. The molecule has 1 N–H and O–H groups in total. The number of hydrogen-bond donors (Lipinski definition) is 1. The van der Waals surface area contributed by atoms with Gasteiger partial charge < -0.3 is 10.1 Å². The second-order valence-electron chi connectivity index (χ2n) is 9.48. The minimum Gasteiger partial charge on any atom is -0.490 e. The van der Waals surface area contributed by atoms with Crippen molar-refractivity contribution in [1.29, 1.82) is 5.26 Å². The molecule has 0 saturated heterocycles. The Bertz CT molecular complexity index is 1260. The molecule has 3 atom stereocenters. The number of hydrogen-bond acceptors (Lipinski definition) is 5. The molecule has 0 spiro atoms. The molecule has 3 aliphatic rings. The number of rotatable bonds is 6. The van der Waals surface area contributed by atoms with E-state index >= 15 is 0 Å². The molecular formula is C26H23FN4O2. The van der Waals surface area contributed by atoms with Crippen LogP contribution in [0.25, 0.3) is 10.9 Å². The van der Waals surface area contributed by atoms with Gasteiger partial charge in [0.15, 0.2) is 0 Å². The summed E-state index contributed by atoms with van der Waals surface area (Å²) in [6.45, 7) is 0. The summed E-state index contributed by atoms with van der Waals surface area (Å²) in [6, 6.07) is 11.7. The summed E-state index contributed by atoms with van der Waals surface area (Å²) in [5.41, 5.74) is 1.19. The average Bonchev–Trinajstić information content (AvgIpc) is 3.73. The van der Waals surface area contributed by atoms with Gasteiger partial charge in [0.05, 0.1) is 17.2 Å². The van der Waals surface area contributed by atoms with Crippen LogP contribution in [0.4, 0.5) is 10.2 Å². The van der Waals surface area contributed by atoms with Crippen LogP contribution < -0.4 is 10.1 Å². The molecule has 33 heavy (non-hydrogen) atoms. The molecule has 166 valence electrons. The van der Waals surface area contributed by atoms with Gasteiger partial charge in [-0.3, -0.25) is 9.78 Å². The highest BCUT2D eigenvalue weighted by atomic mass is 19.1. The molecule has 1 aromatic carbocycles. The number of benzene rings is 1. The van der Waals surface area contributed by atoms with E-state index in [2.05, 4.69) is 15.3 Å². The van der Waals surface area contributed by atoms with Crippen molar-refractivity contribution in [3.05, 3.63) is 60.2 Å². The summed E-state index contributed by atoms with van der Waals surface area (Å²) >= 11 is 0. The Labute approximate surface area is 190 Å². The molecule has 6 nitrogen and oxygen atoms in total. The number of aromatic nitrogens is 2. The molecule has 3 unspecified atom stereocenters. The van der Waals surface area contributed by atoms with Gasteiger partial charge in [0, 0.05) is 23.7 Å². The lowest BCUT2D eigenvalue weighted by atomic mass is 9.91. The number of carbonyl (C=O) groups is 1. The highest BCUT2D eigenvalue weighted by Gasteiger charge is 2.63. The molecule has 0 bridgehead atoms. The number of fused-ring (bicyclic) bond motifs is 2. The highest BCUT2D eigenvalue weighted by Crippen LogP contribution is 2.64. The van der Waals surface area contributed by atoms with Crippen molar-refractivity contribution < 1.29 is 13.9 Å². The summed E-state index contributed by atoms with van der Waals surface area (Å²) in [6.07, 6.45) is 7.28. The first-order chi connectivity index (χ1) is 16.1. The van der Waals surface area contributed by atoms with Crippen molar-refractivity contribution in [1.82, 2.24) is 9.97 Å². The van der Waals surface area contributed by atoms with Crippen LogP contribution in [0.15, 0.2) is 48.8 Å². The molecule has 2 heterocycles. The first-order valence-electron chi connectivity index (χ1n) is 11.5. The zero-order valence-corrected chi connectivity index (χ0v) is 17.9. The predicted molar refractivity (Wildman–Crippen MR) is 120 cm³/mol. The van der Waals surface area contributed by atoms with Crippen LogP contribution in [0.5, 0.6) is 5.75 Å². The molecule has 3 fully saturated rings. The van der Waals surface area contributed by atoms with Gasteiger partial charge in [-0.05, 0) is 85.8 Å². The van der Waals surface area contributed by atoms with Crippen molar-refractivity contribution >= 4 is 22.6 Å². The zero-order chi connectivity index (χ0) is 22.5. The number of amides is 1. The lowest BCUT2D eigenvalue weighted by molar-refractivity contribution is -0.121. The summed E-state index contributed by atoms with van der Waals surface area (Å²) in [5, 5.41) is 12.6. The van der Waals surface area contributed by atoms with E-state index in [0.29, 0.717) is 46.2 Å². The second-order valence-corrected chi connectivity index (χ2v) is 9.48. The summed E-state index contributed by atoms with van der Waals surface area (Å²) in [7, 11) is 0. The van der Waals surface area contributed by atoms with E-state index < -0.39 is 0 Å². The standard InChI is InChI=1S/C26H23FN4O2/c27-16-4-5-21-20(9-16)22(7-8-29-21)33-17-10-18-19(11-17)25(18)24(15-2-3-15)26(32)31-23-6-1-14(12-28)13-30-23/h1,4-9,13,15,17-19,24-25H,2-3,10-11H2,(H,30,31,32). The monoisotopic (exact) mass is 442 g/mol. The predicted octanol–water partition coefficient (Wildman–Crippen LogP) is 4.71. The van der Waals surface area contributed by atoms with Gasteiger partial charge in [0.2, 0.25) is 5.91 Å². The second kappa shape index (κ2) is 7.80. The highest BCUT2D eigenvalue weighted by molar-refractivity contribution is 5.92. The van der Waals surface area contributed by atoms with Crippen LogP contribution >= 0.6 is 0 Å². The van der Waals surface area contributed by atoms with Gasteiger partial charge in [0.1, 0.15) is 23.5 Å². The molecule has 3 aromatic rings. The summed E-state index contributed by atoms with van der Waals surface area (Å²) < 4.78 is 20.0. The fourth-order valence-electron chi connectivity index (χ4n) is 5.75. The van der Waals surface area contributed by atoms with Crippen molar-refractivity contribution in [3.8, 4) is 11.8 Å². The molecular weight excluding hydrogens is 419 g/mol. The molecule has 0 aliphatic heterocycles. The first-order valence-corrected chi connectivity index (χ1v) is 11.5. The Morgan fingerprint density at radius 1 is 1.15 bits per heavy atom. The van der Waals surface area contributed by atoms with E-state index in [4.69, 9.17) is 10.00 Å². The minimum absolute atomic E-state index is 0.00856. The van der Waals surface area contributed by atoms with E-state index in [0.717, 1.165) is 31.2 Å². The number of nitrogens with one attached hydrogen (secondary N) is 1. The lowest BCUT2D eigenvalue weighted by Gasteiger charge is -2.22. The smallest absolute Gasteiger partial charge is 0.229 e. The number of nitrogens with zero attached hydrogens (tertiary/aromatic N) is 3. The minimum atomic E-state index is -0.301. The van der Waals surface area contributed by atoms with Gasteiger partial charge in [0.25, 0.3) is 0 Å². The number of anilines is 1. The molecule has 6 rings (SSSR count). The van der Waals surface area contributed by atoms with E-state index in [1.165, 1.54) is 18.3 Å². The third-order valence-electron chi connectivity index (χ3n) is 7.42. The number of halogens is 1. The number of pyridine rings is 2. The Kier molecular flexibility index (Phi) is 4.75.